The maximum absolute atomic E-state index is 13.6. The Morgan fingerprint density at radius 2 is 2.11 bits per heavy atom. The van der Waals surface area contributed by atoms with Crippen molar-refractivity contribution in [1.82, 2.24) is 4.90 Å². The van der Waals surface area contributed by atoms with E-state index in [0.717, 1.165) is 37.9 Å². The summed E-state index contributed by atoms with van der Waals surface area (Å²) in [6.45, 7) is 2.39. The van der Waals surface area contributed by atoms with Crippen molar-refractivity contribution in [2.45, 2.75) is 32.2 Å². The van der Waals surface area contributed by atoms with Crippen molar-refractivity contribution < 1.29 is 14.3 Å². The average molecular weight is 265 g/mol. The summed E-state index contributed by atoms with van der Waals surface area (Å²) in [7, 11) is 0. The van der Waals surface area contributed by atoms with Crippen LogP contribution in [0.25, 0.3) is 0 Å². The molecule has 0 radical (unpaired) electrons. The SMILES string of the molecule is O=C(O)CC1CCCN(Cc2ccccc2F)CC1. The first kappa shape index (κ1) is 14.0. The zero-order chi connectivity index (χ0) is 13.7. The monoisotopic (exact) mass is 265 g/mol. The van der Waals surface area contributed by atoms with Gasteiger partial charge in [0, 0.05) is 18.5 Å². The van der Waals surface area contributed by atoms with E-state index in [1.165, 1.54) is 6.07 Å². The van der Waals surface area contributed by atoms with Crippen LogP contribution in [0, 0.1) is 11.7 Å². The number of nitrogens with zero attached hydrogens (tertiary/aromatic N) is 1. The van der Waals surface area contributed by atoms with Gasteiger partial charge in [0.1, 0.15) is 5.82 Å². The van der Waals surface area contributed by atoms with Crippen molar-refractivity contribution in [2.75, 3.05) is 13.1 Å². The number of aliphatic carboxylic acids is 1. The van der Waals surface area contributed by atoms with Crippen molar-refractivity contribution in [3.63, 3.8) is 0 Å². The number of hydrogen-bond acceptors (Lipinski definition) is 2. The van der Waals surface area contributed by atoms with Crippen LogP contribution >= 0.6 is 0 Å². The number of carbonyl (C=O) groups is 1. The van der Waals surface area contributed by atoms with E-state index in [2.05, 4.69) is 4.90 Å². The van der Waals surface area contributed by atoms with E-state index < -0.39 is 5.97 Å². The van der Waals surface area contributed by atoms with Gasteiger partial charge in [-0.25, -0.2) is 4.39 Å². The fourth-order valence-corrected chi connectivity index (χ4v) is 2.70. The Morgan fingerprint density at radius 1 is 1.32 bits per heavy atom. The topological polar surface area (TPSA) is 40.5 Å². The lowest BCUT2D eigenvalue weighted by atomic mass is 9.97. The lowest BCUT2D eigenvalue weighted by Crippen LogP contribution is -2.25. The van der Waals surface area contributed by atoms with Crippen LogP contribution in [-0.4, -0.2) is 29.1 Å². The van der Waals surface area contributed by atoms with Crippen molar-refractivity contribution in [3.05, 3.63) is 35.6 Å². The minimum absolute atomic E-state index is 0.158. The molecule has 1 atom stereocenters. The van der Waals surface area contributed by atoms with Gasteiger partial charge < -0.3 is 5.11 Å². The van der Waals surface area contributed by atoms with Gasteiger partial charge in [-0.2, -0.15) is 0 Å². The molecule has 0 aliphatic carbocycles. The Balaban J connectivity index is 1.89. The molecule has 1 aliphatic rings. The molecule has 104 valence electrons. The van der Waals surface area contributed by atoms with E-state index in [1.807, 2.05) is 12.1 Å². The molecule has 0 bridgehead atoms. The second kappa shape index (κ2) is 6.66. The Morgan fingerprint density at radius 3 is 2.84 bits per heavy atom. The first-order chi connectivity index (χ1) is 9.15. The van der Waals surface area contributed by atoms with E-state index in [9.17, 15) is 9.18 Å². The van der Waals surface area contributed by atoms with Gasteiger partial charge in [0.05, 0.1) is 0 Å². The summed E-state index contributed by atoms with van der Waals surface area (Å²) in [5.74, 6) is -0.607. The fourth-order valence-electron chi connectivity index (χ4n) is 2.70. The van der Waals surface area contributed by atoms with Crippen LogP contribution in [0.1, 0.15) is 31.2 Å². The van der Waals surface area contributed by atoms with Crippen molar-refractivity contribution in [2.24, 2.45) is 5.92 Å². The van der Waals surface area contributed by atoms with Gasteiger partial charge in [0.2, 0.25) is 0 Å². The lowest BCUT2D eigenvalue weighted by Gasteiger charge is -2.20. The molecule has 1 aliphatic heterocycles. The summed E-state index contributed by atoms with van der Waals surface area (Å²) in [6.07, 6.45) is 3.10. The molecule has 4 heteroatoms. The molecule has 1 aromatic carbocycles. The number of carboxylic acids is 1. The molecule has 1 aromatic rings. The zero-order valence-electron chi connectivity index (χ0n) is 11.0. The predicted octanol–water partition coefficient (Wildman–Crippen LogP) is 2.90. The van der Waals surface area contributed by atoms with Gasteiger partial charge in [-0.3, -0.25) is 9.69 Å². The number of hydrogen-bond donors (Lipinski definition) is 1. The first-order valence-corrected chi connectivity index (χ1v) is 6.82. The molecule has 0 aromatic heterocycles. The molecular weight excluding hydrogens is 245 g/mol. The van der Waals surface area contributed by atoms with Gasteiger partial charge in [-0.1, -0.05) is 18.2 Å². The molecule has 1 heterocycles. The average Bonchev–Trinajstić information content (AvgIpc) is 2.57. The third-order valence-corrected chi connectivity index (χ3v) is 3.76. The van der Waals surface area contributed by atoms with Gasteiger partial charge in [0.25, 0.3) is 0 Å². The molecule has 0 spiro atoms. The smallest absolute Gasteiger partial charge is 0.303 e. The molecule has 0 amide bonds. The summed E-state index contributed by atoms with van der Waals surface area (Å²) in [4.78, 5) is 13.0. The van der Waals surface area contributed by atoms with Crippen LogP contribution in [-0.2, 0) is 11.3 Å². The fraction of sp³-hybridized carbons (Fsp3) is 0.533. The quantitative estimate of drug-likeness (QED) is 0.910. The van der Waals surface area contributed by atoms with Crippen molar-refractivity contribution in [1.29, 1.82) is 0 Å². The normalized spacial score (nSPS) is 21.0. The van der Waals surface area contributed by atoms with E-state index in [1.54, 1.807) is 6.07 Å². The summed E-state index contributed by atoms with van der Waals surface area (Å²) >= 11 is 0. The van der Waals surface area contributed by atoms with E-state index in [0.29, 0.717) is 6.54 Å². The van der Waals surface area contributed by atoms with Crippen LogP contribution < -0.4 is 0 Å². The molecule has 1 N–H and O–H groups in total. The summed E-state index contributed by atoms with van der Waals surface area (Å²) < 4.78 is 13.6. The lowest BCUT2D eigenvalue weighted by molar-refractivity contribution is -0.138. The maximum atomic E-state index is 13.6. The third kappa shape index (κ3) is 4.31. The Bertz CT molecular complexity index is 436. The van der Waals surface area contributed by atoms with Crippen molar-refractivity contribution in [3.8, 4) is 0 Å². The largest absolute Gasteiger partial charge is 0.481 e. The Hall–Kier alpha value is -1.42. The van der Waals surface area contributed by atoms with Crippen molar-refractivity contribution >= 4 is 5.97 Å². The van der Waals surface area contributed by atoms with Crippen LogP contribution in [0.15, 0.2) is 24.3 Å². The summed E-state index contributed by atoms with van der Waals surface area (Å²) in [6, 6.07) is 6.85. The minimum atomic E-state index is -0.715. The van der Waals surface area contributed by atoms with E-state index >= 15 is 0 Å². The third-order valence-electron chi connectivity index (χ3n) is 3.76. The highest BCUT2D eigenvalue weighted by atomic mass is 19.1. The van der Waals surface area contributed by atoms with Gasteiger partial charge in [0.15, 0.2) is 0 Å². The number of carboxylic acid groups (broad SMARTS) is 1. The molecule has 2 rings (SSSR count). The molecule has 3 nitrogen and oxygen atoms in total. The second-order valence-electron chi connectivity index (χ2n) is 5.26. The molecule has 1 fully saturated rings. The Labute approximate surface area is 113 Å². The second-order valence-corrected chi connectivity index (χ2v) is 5.26. The first-order valence-electron chi connectivity index (χ1n) is 6.82. The van der Waals surface area contributed by atoms with E-state index in [4.69, 9.17) is 5.11 Å². The number of likely N-dealkylation sites (tertiary alicyclic amines) is 1. The van der Waals surface area contributed by atoms with Gasteiger partial charge in [-0.05, 0) is 44.3 Å². The highest BCUT2D eigenvalue weighted by Gasteiger charge is 2.19. The minimum Gasteiger partial charge on any atom is -0.481 e. The maximum Gasteiger partial charge on any atom is 0.303 e. The highest BCUT2D eigenvalue weighted by Crippen LogP contribution is 2.22. The van der Waals surface area contributed by atoms with Crippen LogP contribution in [0.3, 0.4) is 0 Å². The highest BCUT2D eigenvalue weighted by molar-refractivity contribution is 5.67. The Kier molecular flexibility index (Phi) is 4.91. The zero-order valence-corrected chi connectivity index (χ0v) is 11.0. The van der Waals surface area contributed by atoms with Crippen LogP contribution in [0.2, 0.25) is 0 Å². The van der Waals surface area contributed by atoms with E-state index in [-0.39, 0.29) is 18.2 Å². The summed E-state index contributed by atoms with van der Waals surface area (Å²) in [5, 5.41) is 8.83. The molecule has 0 saturated carbocycles. The number of rotatable bonds is 4. The number of halogens is 1. The molecular formula is C15H20FNO2. The van der Waals surface area contributed by atoms with Gasteiger partial charge >= 0.3 is 5.97 Å². The molecule has 1 saturated heterocycles. The predicted molar refractivity (Wildman–Crippen MR) is 71.3 cm³/mol. The van der Waals surface area contributed by atoms with Gasteiger partial charge in [-0.15, -0.1) is 0 Å². The summed E-state index contributed by atoms with van der Waals surface area (Å²) in [5.41, 5.74) is 0.721. The standard InChI is InChI=1S/C15H20FNO2/c16-14-6-2-1-5-13(14)11-17-8-3-4-12(7-9-17)10-15(18)19/h1-2,5-6,12H,3-4,7-11H2,(H,18,19). The molecule has 19 heavy (non-hydrogen) atoms. The number of benzene rings is 1. The molecule has 1 unspecified atom stereocenters. The van der Waals surface area contributed by atoms with Crippen LogP contribution in [0.4, 0.5) is 4.39 Å². The van der Waals surface area contributed by atoms with Crippen LogP contribution in [0.5, 0.6) is 0 Å².